The Kier molecular flexibility index (Phi) is 4.93. The number of Topliss-reactive ketones (excluding diaryl/α,β-unsaturated/α-hetero) is 2. The SMILES string of the molecule is Cc1ccc(-c2ccc(O)c3c2C[C@H]2C[C@H]4CC(O)C(C(N)=O)C(=O)[C@@]4(O)C(=O)C2=C3O)cc1. The van der Waals surface area contributed by atoms with E-state index in [4.69, 9.17) is 5.73 Å². The minimum absolute atomic E-state index is 0.0921. The van der Waals surface area contributed by atoms with Crippen LogP contribution < -0.4 is 5.73 Å². The maximum Gasteiger partial charge on any atom is 0.230 e. The molecule has 3 aliphatic rings. The van der Waals surface area contributed by atoms with Crippen molar-refractivity contribution in [3.63, 3.8) is 0 Å². The van der Waals surface area contributed by atoms with Crippen LogP contribution in [0.15, 0.2) is 42.0 Å². The highest BCUT2D eigenvalue weighted by molar-refractivity contribution is 6.24. The quantitative estimate of drug-likeness (QED) is 0.423. The first-order valence-electron chi connectivity index (χ1n) is 11.2. The minimum Gasteiger partial charge on any atom is -0.507 e. The van der Waals surface area contributed by atoms with Gasteiger partial charge in [0.25, 0.3) is 0 Å². The number of rotatable bonds is 2. The third-order valence-corrected chi connectivity index (χ3v) is 7.63. The van der Waals surface area contributed by atoms with Crippen molar-refractivity contribution < 1.29 is 34.8 Å². The summed E-state index contributed by atoms with van der Waals surface area (Å²) in [6.45, 7) is 1.97. The summed E-state index contributed by atoms with van der Waals surface area (Å²) in [7, 11) is 0. The van der Waals surface area contributed by atoms with Gasteiger partial charge in [0, 0.05) is 11.5 Å². The second-order valence-corrected chi connectivity index (χ2v) is 9.59. The van der Waals surface area contributed by atoms with Gasteiger partial charge in [0.2, 0.25) is 11.7 Å². The second kappa shape index (κ2) is 7.51. The molecular weight excluding hydrogens is 438 g/mol. The minimum atomic E-state index is -2.57. The molecule has 0 aromatic heterocycles. The number of aromatic hydroxyl groups is 1. The van der Waals surface area contributed by atoms with Crippen molar-refractivity contribution in [3.05, 3.63) is 58.7 Å². The van der Waals surface area contributed by atoms with Gasteiger partial charge >= 0.3 is 0 Å². The average Bonchev–Trinajstić information content (AvgIpc) is 2.77. The lowest BCUT2D eigenvalue weighted by molar-refractivity contribution is -0.174. The Morgan fingerprint density at radius 3 is 2.38 bits per heavy atom. The Labute approximate surface area is 195 Å². The fourth-order valence-electron chi connectivity index (χ4n) is 5.93. The topological polar surface area (TPSA) is 158 Å². The highest BCUT2D eigenvalue weighted by atomic mass is 16.3. The molecule has 5 atom stereocenters. The van der Waals surface area contributed by atoms with E-state index in [2.05, 4.69) is 0 Å². The number of phenolic OH excluding ortho intramolecular Hbond substituents is 1. The van der Waals surface area contributed by atoms with Crippen LogP contribution in [0, 0.1) is 24.7 Å². The van der Waals surface area contributed by atoms with Crippen molar-refractivity contribution in [2.45, 2.75) is 37.9 Å². The Bertz CT molecular complexity index is 1280. The van der Waals surface area contributed by atoms with Crippen LogP contribution in [-0.4, -0.2) is 49.6 Å². The van der Waals surface area contributed by atoms with Crippen LogP contribution in [0.3, 0.4) is 0 Å². The first kappa shape index (κ1) is 22.3. The van der Waals surface area contributed by atoms with Crippen LogP contribution in [0.5, 0.6) is 5.75 Å². The van der Waals surface area contributed by atoms with Crippen LogP contribution >= 0.6 is 0 Å². The van der Waals surface area contributed by atoms with Gasteiger partial charge in [-0.2, -0.15) is 0 Å². The van der Waals surface area contributed by atoms with E-state index in [0.717, 1.165) is 16.7 Å². The van der Waals surface area contributed by atoms with E-state index in [0.29, 0.717) is 5.56 Å². The third-order valence-electron chi connectivity index (χ3n) is 7.63. The van der Waals surface area contributed by atoms with Gasteiger partial charge in [-0.1, -0.05) is 35.9 Å². The summed E-state index contributed by atoms with van der Waals surface area (Å²) in [6, 6.07) is 11.0. The number of aliphatic hydroxyl groups is 3. The lowest BCUT2D eigenvalue weighted by atomic mass is 9.56. The zero-order valence-electron chi connectivity index (χ0n) is 18.5. The van der Waals surface area contributed by atoms with Crippen LogP contribution in [0.4, 0.5) is 0 Å². The molecule has 0 saturated heterocycles. The number of fused-ring (bicyclic) bond motifs is 3. The fraction of sp³-hybridized carbons (Fsp3) is 0.346. The molecule has 176 valence electrons. The van der Waals surface area contributed by atoms with Gasteiger partial charge in [-0.15, -0.1) is 0 Å². The summed E-state index contributed by atoms with van der Waals surface area (Å²) < 4.78 is 0. The van der Waals surface area contributed by atoms with Gasteiger partial charge < -0.3 is 26.2 Å². The van der Waals surface area contributed by atoms with Crippen molar-refractivity contribution >= 4 is 23.2 Å². The van der Waals surface area contributed by atoms with E-state index in [-0.39, 0.29) is 36.1 Å². The Morgan fingerprint density at radius 1 is 1.06 bits per heavy atom. The van der Waals surface area contributed by atoms with E-state index in [1.54, 1.807) is 6.07 Å². The van der Waals surface area contributed by atoms with Gasteiger partial charge in [-0.3, -0.25) is 14.4 Å². The summed E-state index contributed by atoms with van der Waals surface area (Å²) in [6.07, 6.45) is -1.12. The molecule has 0 radical (unpaired) electrons. The molecular formula is C26H25NO7. The zero-order chi connectivity index (χ0) is 24.5. The number of primary amides is 1. The van der Waals surface area contributed by atoms with Gasteiger partial charge in [0.15, 0.2) is 11.4 Å². The maximum atomic E-state index is 13.5. The summed E-state index contributed by atoms with van der Waals surface area (Å²) in [4.78, 5) is 38.3. The molecule has 0 bridgehead atoms. The van der Waals surface area contributed by atoms with Crippen molar-refractivity contribution in [1.29, 1.82) is 0 Å². The molecule has 0 heterocycles. The predicted octanol–water partition coefficient (Wildman–Crippen LogP) is 1.56. The summed E-state index contributed by atoms with van der Waals surface area (Å²) in [5.41, 5.74) is 6.05. The fourth-order valence-corrected chi connectivity index (χ4v) is 5.93. The molecule has 2 unspecified atom stereocenters. The van der Waals surface area contributed by atoms with Crippen LogP contribution in [0.25, 0.3) is 16.9 Å². The third kappa shape index (κ3) is 2.95. The average molecular weight is 463 g/mol. The van der Waals surface area contributed by atoms with Gasteiger partial charge in [-0.25, -0.2) is 0 Å². The molecule has 3 aliphatic carbocycles. The molecule has 8 nitrogen and oxygen atoms in total. The number of hydrogen-bond acceptors (Lipinski definition) is 7. The lowest BCUT2D eigenvalue weighted by Crippen LogP contribution is -2.66. The number of benzene rings is 2. The number of ketones is 2. The number of nitrogens with two attached hydrogens (primary N) is 1. The molecule has 0 spiro atoms. The summed E-state index contributed by atoms with van der Waals surface area (Å²) >= 11 is 0. The predicted molar refractivity (Wildman–Crippen MR) is 121 cm³/mol. The maximum absolute atomic E-state index is 13.5. The Hall–Kier alpha value is -3.49. The van der Waals surface area contributed by atoms with E-state index < -0.39 is 52.7 Å². The monoisotopic (exact) mass is 463 g/mol. The Morgan fingerprint density at radius 2 is 1.74 bits per heavy atom. The largest absolute Gasteiger partial charge is 0.507 e. The molecule has 2 fully saturated rings. The molecule has 6 N–H and O–H groups in total. The van der Waals surface area contributed by atoms with E-state index >= 15 is 0 Å². The number of aliphatic hydroxyl groups excluding tert-OH is 2. The number of amides is 1. The van der Waals surface area contributed by atoms with Crippen LogP contribution in [0.2, 0.25) is 0 Å². The van der Waals surface area contributed by atoms with Gasteiger partial charge in [0.1, 0.15) is 17.4 Å². The first-order chi connectivity index (χ1) is 16.1. The highest BCUT2D eigenvalue weighted by Crippen LogP contribution is 2.52. The lowest BCUT2D eigenvalue weighted by Gasteiger charge is -2.48. The number of phenols is 1. The summed E-state index contributed by atoms with van der Waals surface area (Å²) in [5, 5.41) is 43.4. The van der Waals surface area contributed by atoms with Crippen LogP contribution in [-0.2, 0) is 20.8 Å². The molecule has 5 rings (SSSR count). The Balaban J connectivity index is 1.66. The second-order valence-electron chi connectivity index (χ2n) is 9.59. The number of hydrogen-bond donors (Lipinski definition) is 5. The number of aryl methyl sites for hydroxylation is 1. The molecule has 2 aromatic rings. The van der Waals surface area contributed by atoms with Crippen molar-refractivity contribution in [1.82, 2.24) is 0 Å². The van der Waals surface area contributed by atoms with Crippen molar-refractivity contribution in [2.24, 2.45) is 23.5 Å². The van der Waals surface area contributed by atoms with Crippen molar-refractivity contribution in [3.8, 4) is 16.9 Å². The molecule has 2 aromatic carbocycles. The number of carbonyl (C=O) groups excluding carboxylic acids is 3. The molecule has 8 heteroatoms. The summed E-state index contributed by atoms with van der Waals surface area (Å²) in [5.74, 6) is -7.15. The zero-order valence-corrected chi connectivity index (χ0v) is 18.5. The standard InChI is InChI=1S/C26H25NO7/c1-11-2-4-12(5-3-11)15-6-7-17(28)20-16(15)9-13-8-14-10-18(29)21(25(27)33)24(32)26(14,34)23(31)19(13)22(20)30/h2-7,13-14,18,21,28-30,34H,8-10H2,1H3,(H2,27,33)/t13-,14+,18?,21?,26+/m1/s1. The molecule has 1 amide bonds. The van der Waals surface area contributed by atoms with E-state index in [1.807, 2.05) is 31.2 Å². The van der Waals surface area contributed by atoms with Crippen molar-refractivity contribution in [2.75, 3.05) is 0 Å². The number of carbonyl (C=O) groups is 3. The van der Waals surface area contributed by atoms with E-state index in [1.165, 1.54) is 6.07 Å². The molecule has 2 saturated carbocycles. The van der Waals surface area contributed by atoms with E-state index in [9.17, 15) is 34.8 Å². The highest BCUT2D eigenvalue weighted by Gasteiger charge is 2.63. The van der Waals surface area contributed by atoms with Gasteiger partial charge in [0.05, 0.1) is 11.7 Å². The normalized spacial score (nSPS) is 30.4. The smallest absolute Gasteiger partial charge is 0.230 e. The van der Waals surface area contributed by atoms with Crippen LogP contribution in [0.1, 0.15) is 29.5 Å². The molecule has 34 heavy (non-hydrogen) atoms. The first-order valence-corrected chi connectivity index (χ1v) is 11.2. The van der Waals surface area contributed by atoms with Gasteiger partial charge in [-0.05, 0) is 54.9 Å². The molecule has 0 aliphatic heterocycles.